The fourth-order valence-electron chi connectivity index (χ4n) is 2.23. The lowest BCUT2D eigenvalue weighted by Crippen LogP contribution is -2.04. The highest BCUT2D eigenvalue weighted by molar-refractivity contribution is 5.84. The number of pyridine rings is 1. The third-order valence-electron chi connectivity index (χ3n) is 3.41. The van der Waals surface area contributed by atoms with Crippen LogP contribution in [0.2, 0.25) is 0 Å². The van der Waals surface area contributed by atoms with E-state index in [0.717, 1.165) is 27.6 Å². The van der Waals surface area contributed by atoms with E-state index in [2.05, 4.69) is 17.1 Å². The fourth-order valence-corrected chi connectivity index (χ4v) is 2.23. The van der Waals surface area contributed by atoms with Gasteiger partial charge in [0.2, 0.25) is 0 Å². The van der Waals surface area contributed by atoms with Crippen LogP contribution in [-0.4, -0.2) is 4.98 Å². The minimum absolute atomic E-state index is 0.00567. The van der Waals surface area contributed by atoms with Crippen LogP contribution in [0, 0.1) is 5.82 Å². The molecule has 0 saturated heterocycles. The molecular formula is C17H15FN2. The zero-order chi connectivity index (χ0) is 14.1. The van der Waals surface area contributed by atoms with Crippen LogP contribution in [-0.2, 0) is 0 Å². The molecule has 0 amide bonds. The minimum atomic E-state index is -0.234. The van der Waals surface area contributed by atoms with Crippen molar-refractivity contribution in [2.75, 3.05) is 0 Å². The monoisotopic (exact) mass is 266 g/mol. The molecule has 20 heavy (non-hydrogen) atoms. The normalized spacial score (nSPS) is 12.6. The van der Waals surface area contributed by atoms with Crippen molar-refractivity contribution in [1.29, 1.82) is 0 Å². The van der Waals surface area contributed by atoms with Crippen molar-refractivity contribution in [1.82, 2.24) is 4.98 Å². The molecule has 0 aliphatic rings. The number of nitrogens with zero attached hydrogens (tertiary/aromatic N) is 1. The van der Waals surface area contributed by atoms with Gasteiger partial charge < -0.3 is 5.73 Å². The van der Waals surface area contributed by atoms with Gasteiger partial charge in [0.15, 0.2) is 0 Å². The van der Waals surface area contributed by atoms with Gasteiger partial charge in [-0.25, -0.2) is 4.39 Å². The van der Waals surface area contributed by atoms with Crippen molar-refractivity contribution < 1.29 is 4.39 Å². The Morgan fingerprint density at radius 1 is 1.00 bits per heavy atom. The van der Waals surface area contributed by atoms with Gasteiger partial charge in [-0.3, -0.25) is 4.98 Å². The molecular weight excluding hydrogens is 251 g/mol. The molecule has 1 unspecified atom stereocenters. The Morgan fingerprint density at radius 3 is 2.45 bits per heavy atom. The molecule has 1 aromatic heterocycles. The number of benzene rings is 2. The molecule has 2 N–H and O–H groups in total. The van der Waals surface area contributed by atoms with Gasteiger partial charge >= 0.3 is 0 Å². The summed E-state index contributed by atoms with van der Waals surface area (Å²) in [6.45, 7) is 1.96. The zero-order valence-corrected chi connectivity index (χ0v) is 11.2. The Kier molecular flexibility index (Phi) is 3.20. The van der Waals surface area contributed by atoms with E-state index >= 15 is 0 Å². The molecule has 0 spiro atoms. The Labute approximate surface area is 117 Å². The largest absolute Gasteiger partial charge is 0.324 e. The van der Waals surface area contributed by atoms with Crippen LogP contribution < -0.4 is 5.73 Å². The molecule has 0 fully saturated rings. The predicted molar refractivity (Wildman–Crippen MR) is 79.7 cm³/mol. The van der Waals surface area contributed by atoms with Gasteiger partial charge in [0.05, 0.1) is 5.52 Å². The first-order valence-corrected chi connectivity index (χ1v) is 6.55. The van der Waals surface area contributed by atoms with E-state index in [1.54, 1.807) is 18.3 Å². The molecule has 0 radical (unpaired) electrons. The molecule has 3 rings (SSSR count). The number of rotatable bonds is 2. The summed E-state index contributed by atoms with van der Waals surface area (Å²) >= 11 is 0. The number of hydrogen-bond donors (Lipinski definition) is 1. The van der Waals surface area contributed by atoms with E-state index in [9.17, 15) is 4.39 Å². The van der Waals surface area contributed by atoms with Crippen LogP contribution in [0.15, 0.2) is 54.7 Å². The summed E-state index contributed by atoms with van der Waals surface area (Å²) in [5, 5.41) is 1.04. The van der Waals surface area contributed by atoms with Gasteiger partial charge in [0, 0.05) is 23.2 Å². The molecule has 0 bridgehead atoms. The lowest BCUT2D eigenvalue weighted by molar-refractivity contribution is 0.628. The van der Waals surface area contributed by atoms with Crippen LogP contribution in [0.4, 0.5) is 4.39 Å². The van der Waals surface area contributed by atoms with Crippen molar-refractivity contribution in [3.63, 3.8) is 0 Å². The van der Waals surface area contributed by atoms with E-state index in [0.29, 0.717) is 0 Å². The molecule has 0 aliphatic carbocycles. The van der Waals surface area contributed by atoms with Crippen molar-refractivity contribution in [3.8, 4) is 11.1 Å². The standard InChI is InChI=1S/C17H15FN2/c1-11(19)13-4-7-17-14(8-13)9-15(10-20-17)12-2-5-16(18)6-3-12/h2-11H,19H2,1H3. The molecule has 2 aromatic carbocycles. The van der Waals surface area contributed by atoms with Crippen molar-refractivity contribution >= 4 is 10.9 Å². The lowest BCUT2D eigenvalue weighted by atomic mass is 10.0. The average Bonchev–Trinajstić information content (AvgIpc) is 2.47. The number of fused-ring (bicyclic) bond motifs is 1. The molecule has 1 heterocycles. The summed E-state index contributed by atoms with van der Waals surface area (Å²) in [6, 6.07) is 14.5. The van der Waals surface area contributed by atoms with E-state index in [1.165, 1.54) is 12.1 Å². The van der Waals surface area contributed by atoms with E-state index < -0.39 is 0 Å². The minimum Gasteiger partial charge on any atom is -0.324 e. The second-order valence-electron chi connectivity index (χ2n) is 4.97. The second kappa shape index (κ2) is 5.02. The molecule has 3 heteroatoms. The smallest absolute Gasteiger partial charge is 0.123 e. The first-order valence-electron chi connectivity index (χ1n) is 6.55. The maximum Gasteiger partial charge on any atom is 0.123 e. The van der Waals surface area contributed by atoms with Crippen molar-refractivity contribution in [3.05, 3.63) is 66.1 Å². The highest BCUT2D eigenvalue weighted by Gasteiger charge is 2.04. The van der Waals surface area contributed by atoms with E-state index in [1.807, 2.05) is 19.1 Å². The first kappa shape index (κ1) is 12.8. The summed E-state index contributed by atoms with van der Waals surface area (Å²) in [5.41, 5.74) is 9.84. The van der Waals surface area contributed by atoms with Gasteiger partial charge in [-0.15, -0.1) is 0 Å². The lowest BCUT2D eigenvalue weighted by Gasteiger charge is -2.08. The predicted octanol–water partition coefficient (Wildman–Crippen LogP) is 4.06. The third-order valence-corrected chi connectivity index (χ3v) is 3.41. The molecule has 100 valence electrons. The van der Waals surface area contributed by atoms with Gasteiger partial charge in [-0.2, -0.15) is 0 Å². The van der Waals surface area contributed by atoms with Gasteiger partial charge in [-0.05, 0) is 48.4 Å². The molecule has 0 saturated carbocycles. The van der Waals surface area contributed by atoms with Gasteiger partial charge in [-0.1, -0.05) is 18.2 Å². The third kappa shape index (κ3) is 2.40. The molecule has 1 atom stereocenters. The quantitative estimate of drug-likeness (QED) is 0.759. The Balaban J connectivity index is 2.11. The van der Waals surface area contributed by atoms with Crippen LogP contribution in [0.3, 0.4) is 0 Å². The van der Waals surface area contributed by atoms with Crippen LogP contribution in [0.25, 0.3) is 22.0 Å². The Hall–Kier alpha value is -2.26. The molecule has 0 aliphatic heterocycles. The van der Waals surface area contributed by atoms with Crippen molar-refractivity contribution in [2.24, 2.45) is 5.73 Å². The SMILES string of the molecule is CC(N)c1ccc2ncc(-c3ccc(F)cc3)cc2c1. The Morgan fingerprint density at radius 2 is 1.75 bits per heavy atom. The maximum atomic E-state index is 13.0. The van der Waals surface area contributed by atoms with E-state index in [-0.39, 0.29) is 11.9 Å². The summed E-state index contributed by atoms with van der Waals surface area (Å²) in [4.78, 5) is 4.45. The van der Waals surface area contributed by atoms with Crippen LogP contribution >= 0.6 is 0 Å². The topological polar surface area (TPSA) is 38.9 Å². The zero-order valence-electron chi connectivity index (χ0n) is 11.2. The Bertz CT molecular complexity index is 749. The van der Waals surface area contributed by atoms with Crippen molar-refractivity contribution in [2.45, 2.75) is 13.0 Å². The molecule has 2 nitrogen and oxygen atoms in total. The summed E-state index contributed by atoms with van der Waals surface area (Å²) in [5.74, 6) is -0.234. The van der Waals surface area contributed by atoms with Gasteiger partial charge in [0.25, 0.3) is 0 Å². The fraction of sp³-hybridized carbons (Fsp3) is 0.118. The molecule has 3 aromatic rings. The summed E-state index contributed by atoms with van der Waals surface area (Å²) in [6.07, 6.45) is 1.81. The average molecular weight is 266 g/mol. The highest BCUT2D eigenvalue weighted by Crippen LogP contribution is 2.24. The maximum absolute atomic E-state index is 13.0. The summed E-state index contributed by atoms with van der Waals surface area (Å²) < 4.78 is 13.0. The number of halogens is 1. The van der Waals surface area contributed by atoms with Crippen LogP contribution in [0.5, 0.6) is 0 Å². The summed E-state index contributed by atoms with van der Waals surface area (Å²) in [7, 11) is 0. The first-order chi connectivity index (χ1) is 9.63. The number of hydrogen-bond acceptors (Lipinski definition) is 2. The second-order valence-corrected chi connectivity index (χ2v) is 4.97. The number of nitrogens with two attached hydrogens (primary N) is 1. The van der Waals surface area contributed by atoms with E-state index in [4.69, 9.17) is 5.73 Å². The number of aromatic nitrogens is 1. The van der Waals surface area contributed by atoms with Crippen LogP contribution in [0.1, 0.15) is 18.5 Å². The highest BCUT2D eigenvalue weighted by atomic mass is 19.1. The van der Waals surface area contributed by atoms with Gasteiger partial charge in [0.1, 0.15) is 5.82 Å².